The lowest BCUT2D eigenvalue weighted by atomic mass is 10.3. The highest BCUT2D eigenvalue weighted by Gasteiger charge is 2.36. The standard InChI is InChI=1S/C7H12N2O3/c1-3-9-6(10)5(4-12-2)8-7(9)11/h5H,3-4H2,1-2H3,(H,8,11). The van der Waals surface area contributed by atoms with Crippen molar-refractivity contribution in [2.45, 2.75) is 13.0 Å². The van der Waals surface area contributed by atoms with E-state index in [0.717, 1.165) is 0 Å². The third-order valence-corrected chi connectivity index (χ3v) is 1.76. The fraction of sp³-hybridized carbons (Fsp3) is 0.714. The average molecular weight is 172 g/mol. The summed E-state index contributed by atoms with van der Waals surface area (Å²) in [5.41, 5.74) is 0. The number of hydrogen-bond donors (Lipinski definition) is 1. The molecule has 1 heterocycles. The molecule has 0 spiro atoms. The topological polar surface area (TPSA) is 58.6 Å². The average Bonchev–Trinajstić information content (AvgIpc) is 2.29. The molecule has 0 aromatic rings. The maximum Gasteiger partial charge on any atom is 0.324 e. The molecule has 5 nitrogen and oxygen atoms in total. The lowest BCUT2D eigenvalue weighted by molar-refractivity contribution is -0.128. The van der Waals surface area contributed by atoms with Crippen molar-refractivity contribution in [1.29, 1.82) is 0 Å². The minimum atomic E-state index is -0.498. The summed E-state index contributed by atoms with van der Waals surface area (Å²) in [4.78, 5) is 23.5. The van der Waals surface area contributed by atoms with Crippen LogP contribution in [0.25, 0.3) is 0 Å². The summed E-state index contributed by atoms with van der Waals surface area (Å²) < 4.78 is 4.78. The third-order valence-electron chi connectivity index (χ3n) is 1.76. The van der Waals surface area contributed by atoms with Gasteiger partial charge in [-0.3, -0.25) is 9.69 Å². The zero-order chi connectivity index (χ0) is 9.14. The van der Waals surface area contributed by atoms with Crippen molar-refractivity contribution in [2.75, 3.05) is 20.3 Å². The molecule has 0 saturated carbocycles. The molecule has 1 saturated heterocycles. The maximum atomic E-state index is 11.3. The molecule has 1 rings (SSSR count). The fourth-order valence-electron chi connectivity index (χ4n) is 1.16. The Morgan fingerprint density at radius 2 is 2.25 bits per heavy atom. The summed E-state index contributed by atoms with van der Waals surface area (Å²) in [5, 5.41) is 2.52. The number of urea groups is 1. The molecule has 1 N–H and O–H groups in total. The van der Waals surface area contributed by atoms with E-state index in [0.29, 0.717) is 6.54 Å². The summed E-state index contributed by atoms with van der Waals surface area (Å²) in [6, 6.07) is -0.827. The number of imide groups is 1. The summed E-state index contributed by atoms with van der Waals surface area (Å²) >= 11 is 0. The fourth-order valence-corrected chi connectivity index (χ4v) is 1.16. The van der Waals surface area contributed by atoms with Gasteiger partial charge in [-0.2, -0.15) is 0 Å². The smallest absolute Gasteiger partial charge is 0.324 e. The SMILES string of the molecule is CCN1C(=O)NC(COC)C1=O. The number of hydrogen-bond acceptors (Lipinski definition) is 3. The molecule has 1 aliphatic rings. The first-order valence-electron chi connectivity index (χ1n) is 3.81. The number of methoxy groups -OCH3 is 1. The van der Waals surface area contributed by atoms with E-state index in [4.69, 9.17) is 4.74 Å². The second-order valence-corrected chi connectivity index (χ2v) is 2.54. The third kappa shape index (κ3) is 1.40. The van der Waals surface area contributed by atoms with E-state index in [9.17, 15) is 9.59 Å². The zero-order valence-corrected chi connectivity index (χ0v) is 7.16. The van der Waals surface area contributed by atoms with Crippen LogP contribution in [0.3, 0.4) is 0 Å². The highest BCUT2D eigenvalue weighted by molar-refractivity contribution is 6.04. The lowest BCUT2D eigenvalue weighted by Crippen LogP contribution is -2.33. The van der Waals surface area contributed by atoms with Gasteiger partial charge in [0.1, 0.15) is 6.04 Å². The summed E-state index contributed by atoms with van der Waals surface area (Å²) in [7, 11) is 1.49. The molecule has 0 aliphatic carbocycles. The van der Waals surface area contributed by atoms with Crippen molar-refractivity contribution in [3.8, 4) is 0 Å². The predicted octanol–water partition coefficient (Wildman–Crippen LogP) is -0.427. The molecule has 12 heavy (non-hydrogen) atoms. The van der Waals surface area contributed by atoms with Gasteiger partial charge in [-0.05, 0) is 6.92 Å². The normalized spacial score (nSPS) is 23.2. The van der Waals surface area contributed by atoms with Crippen LogP contribution in [-0.2, 0) is 9.53 Å². The Kier molecular flexibility index (Phi) is 2.65. The number of nitrogens with zero attached hydrogens (tertiary/aromatic N) is 1. The molecule has 0 aromatic heterocycles. The first-order chi connectivity index (χ1) is 5.70. The van der Waals surface area contributed by atoms with E-state index in [1.54, 1.807) is 6.92 Å². The molecule has 0 aromatic carbocycles. The van der Waals surface area contributed by atoms with Crippen molar-refractivity contribution < 1.29 is 14.3 Å². The molecule has 0 radical (unpaired) electrons. The van der Waals surface area contributed by atoms with Gasteiger partial charge in [0.05, 0.1) is 6.61 Å². The van der Waals surface area contributed by atoms with Gasteiger partial charge in [0.25, 0.3) is 5.91 Å². The Labute approximate surface area is 70.7 Å². The number of likely N-dealkylation sites (N-methyl/N-ethyl adjacent to an activating group) is 1. The van der Waals surface area contributed by atoms with Crippen molar-refractivity contribution >= 4 is 11.9 Å². The molecule has 3 amide bonds. The molecular weight excluding hydrogens is 160 g/mol. The van der Waals surface area contributed by atoms with E-state index >= 15 is 0 Å². The quantitative estimate of drug-likeness (QED) is 0.588. The van der Waals surface area contributed by atoms with Crippen LogP contribution < -0.4 is 5.32 Å². The van der Waals surface area contributed by atoms with Crippen molar-refractivity contribution in [2.24, 2.45) is 0 Å². The predicted molar refractivity (Wildman–Crippen MR) is 41.6 cm³/mol. The van der Waals surface area contributed by atoms with Crippen LogP contribution in [0.2, 0.25) is 0 Å². The van der Waals surface area contributed by atoms with Gasteiger partial charge in [-0.1, -0.05) is 0 Å². The second kappa shape index (κ2) is 3.53. The first kappa shape index (κ1) is 8.99. The van der Waals surface area contributed by atoms with Crippen LogP contribution in [0.5, 0.6) is 0 Å². The first-order valence-corrected chi connectivity index (χ1v) is 3.81. The van der Waals surface area contributed by atoms with Gasteiger partial charge >= 0.3 is 6.03 Å². The Bertz CT molecular complexity index is 205. The van der Waals surface area contributed by atoms with E-state index in [-0.39, 0.29) is 18.5 Å². The van der Waals surface area contributed by atoms with Crippen molar-refractivity contribution in [1.82, 2.24) is 10.2 Å². The molecule has 1 aliphatic heterocycles. The number of carbonyl (C=O) groups is 2. The number of amides is 3. The molecule has 68 valence electrons. The van der Waals surface area contributed by atoms with Crippen molar-refractivity contribution in [3.63, 3.8) is 0 Å². The molecule has 0 bridgehead atoms. The van der Waals surface area contributed by atoms with E-state index < -0.39 is 6.04 Å². The number of nitrogens with one attached hydrogen (secondary N) is 1. The van der Waals surface area contributed by atoms with Gasteiger partial charge in [0, 0.05) is 13.7 Å². The molecule has 1 unspecified atom stereocenters. The minimum Gasteiger partial charge on any atom is -0.382 e. The second-order valence-electron chi connectivity index (χ2n) is 2.54. The molecule has 5 heteroatoms. The Morgan fingerprint density at radius 1 is 1.58 bits per heavy atom. The zero-order valence-electron chi connectivity index (χ0n) is 7.16. The summed E-state index contributed by atoms with van der Waals surface area (Å²) in [5.74, 6) is -0.204. The lowest BCUT2D eigenvalue weighted by Gasteiger charge is -2.08. The van der Waals surface area contributed by atoms with Gasteiger partial charge < -0.3 is 10.1 Å². The Hall–Kier alpha value is -1.10. The molecule has 1 fully saturated rings. The van der Waals surface area contributed by atoms with Crippen molar-refractivity contribution in [3.05, 3.63) is 0 Å². The molecular formula is C7H12N2O3. The largest absolute Gasteiger partial charge is 0.382 e. The number of carbonyl (C=O) groups excluding carboxylic acids is 2. The van der Waals surface area contributed by atoms with Crippen LogP contribution in [0.1, 0.15) is 6.92 Å². The van der Waals surface area contributed by atoms with Crippen LogP contribution in [-0.4, -0.2) is 43.1 Å². The summed E-state index contributed by atoms with van der Waals surface area (Å²) in [6.07, 6.45) is 0. The van der Waals surface area contributed by atoms with E-state index in [1.165, 1.54) is 12.0 Å². The van der Waals surface area contributed by atoms with Gasteiger partial charge in [0.2, 0.25) is 0 Å². The van der Waals surface area contributed by atoms with E-state index in [2.05, 4.69) is 5.32 Å². The van der Waals surface area contributed by atoms with E-state index in [1.807, 2.05) is 0 Å². The van der Waals surface area contributed by atoms with Crippen LogP contribution >= 0.6 is 0 Å². The minimum absolute atomic E-state index is 0.204. The van der Waals surface area contributed by atoms with Gasteiger partial charge in [-0.25, -0.2) is 4.79 Å². The highest BCUT2D eigenvalue weighted by Crippen LogP contribution is 2.05. The maximum absolute atomic E-state index is 11.3. The number of ether oxygens (including phenoxy) is 1. The Morgan fingerprint density at radius 3 is 2.67 bits per heavy atom. The summed E-state index contributed by atoms with van der Waals surface area (Å²) in [6.45, 7) is 2.40. The highest BCUT2D eigenvalue weighted by atomic mass is 16.5. The number of rotatable bonds is 3. The Balaban J connectivity index is 2.62. The van der Waals surface area contributed by atoms with Gasteiger partial charge in [-0.15, -0.1) is 0 Å². The van der Waals surface area contributed by atoms with Crippen LogP contribution in [0.15, 0.2) is 0 Å². The van der Waals surface area contributed by atoms with Crippen LogP contribution in [0.4, 0.5) is 4.79 Å². The van der Waals surface area contributed by atoms with Gasteiger partial charge in [0.15, 0.2) is 0 Å². The van der Waals surface area contributed by atoms with Crippen LogP contribution in [0, 0.1) is 0 Å². The monoisotopic (exact) mass is 172 g/mol. The molecule has 1 atom stereocenters.